The average molecular weight is 275 g/mol. The van der Waals surface area contributed by atoms with E-state index in [0.717, 1.165) is 0 Å². The number of nitrogens with zero attached hydrogens (tertiary/aromatic N) is 3. The molecule has 6 heteroatoms. The summed E-state index contributed by atoms with van der Waals surface area (Å²) in [7, 11) is 0. The van der Waals surface area contributed by atoms with Crippen molar-refractivity contribution in [2.45, 2.75) is 6.61 Å². The fourth-order valence-corrected chi connectivity index (χ4v) is 2.01. The quantitative estimate of drug-likeness (QED) is 0.797. The van der Waals surface area contributed by atoms with Crippen LogP contribution in [-0.2, 0) is 6.61 Å². The molecule has 96 valence electrons. The molecule has 0 fully saturated rings. The Kier molecular flexibility index (Phi) is 2.97. The number of aromatic nitrogens is 3. The largest absolute Gasteiger partial charge is 0.484 e. The number of anilines is 1. The highest BCUT2D eigenvalue weighted by molar-refractivity contribution is 6.32. The lowest BCUT2D eigenvalue weighted by atomic mass is 10.3. The number of rotatable bonds is 3. The van der Waals surface area contributed by atoms with Crippen LogP contribution in [-0.4, -0.2) is 14.6 Å². The van der Waals surface area contributed by atoms with E-state index in [1.165, 1.54) is 0 Å². The fraction of sp³-hybridized carbons (Fsp3) is 0.0769. The second-order valence-electron chi connectivity index (χ2n) is 3.98. The van der Waals surface area contributed by atoms with E-state index in [2.05, 4.69) is 10.2 Å². The van der Waals surface area contributed by atoms with E-state index < -0.39 is 0 Å². The molecular weight excluding hydrogens is 264 g/mol. The molecule has 3 aromatic rings. The minimum absolute atomic E-state index is 0.249. The van der Waals surface area contributed by atoms with Crippen molar-refractivity contribution in [1.29, 1.82) is 0 Å². The van der Waals surface area contributed by atoms with Gasteiger partial charge in [-0.05, 0) is 24.3 Å². The smallest absolute Gasteiger partial charge is 0.177 e. The first kappa shape index (κ1) is 11.8. The molecule has 5 nitrogen and oxygen atoms in total. The maximum atomic E-state index is 6.02. The van der Waals surface area contributed by atoms with Crippen molar-refractivity contribution in [2.24, 2.45) is 0 Å². The van der Waals surface area contributed by atoms with Gasteiger partial charge >= 0.3 is 0 Å². The Labute approximate surface area is 114 Å². The molecule has 0 unspecified atom stereocenters. The lowest BCUT2D eigenvalue weighted by Crippen LogP contribution is -2.05. The third-order valence-corrected chi connectivity index (χ3v) is 3.03. The molecule has 0 saturated carbocycles. The summed E-state index contributed by atoms with van der Waals surface area (Å²) in [6.07, 6.45) is 0. The minimum Gasteiger partial charge on any atom is -0.484 e. The zero-order valence-corrected chi connectivity index (χ0v) is 10.7. The Bertz CT molecular complexity index is 725. The van der Waals surface area contributed by atoms with E-state index in [0.29, 0.717) is 28.1 Å². The van der Waals surface area contributed by atoms with Gasteiger partial charge in [0.05, 0.1) is 5.02 Å². The van der Waals surface area contributed by atoms with E-state index in [1.807, 2.05) is 24.3 Å². The van der Waals surface area contributed by atoms with E-state index in [-0.39, 0.29) is 6.61 Å². The summed E-state index contributed by atoms with van der Waals surface area (Å²) in [5.74, 6) is 1.81. The van der Waals surface area contributed by atoms with Crippen molar-refractivity contribution in [2.75, 3.05) is 5.73 Å². The van der Waals surface area contributed by atoms with E-state index in [9.17, 15) is 0 Å². The van der Waals surface area contributed by atoms with Gasteiger partial charge in [0.2, 0.25) is 0 Å². The molecular formula is C13H11ClN4O. The first-order valence-electron chi connectivity index (χ1n) is 5.71. The van der Waals surface area contributed by atoms with Gasteiger partial charge in [0.15, 0.2) is 11.5 Å². The van der Waals surface area contributed by atoms with Crippen LogP contribution < -0.4 is 10.5 Å². The standard InChI is InChI=1S/C13H11ClN4O/c14-9-4-1-2-5-10(9)19-8-13-17-16-12-7-3-6-11(15)18(12)13/h1-7H,8,15H2. The molecule has 0 aliphatic heterocycles. The third-order valence-electron chi connectivity index (χ3n) is 2.72. The molecule has 3 rings (SSSR count). The topological polar surface area (TPSA) is 65.4 Å². The SMILES string of the molecule is Nc1cccc2nnc(COc3ccccc3Cl)n12. The lowest BCUT2D eigenvalue weighted by Gasteiger charge is -2.07. The summed E-state index contributed by atoms with van der Waals surface area (Å²) in [5.41, 5.74) is 6.59. The first-order valence-corrected chi connectivity index (χ1v) is 6.09. The van der Waals surface area contributed by atoms with Crippen LogP contribution in [0.3, 0.4) is 0 Å². The highest BCUT2D eigenvalue weighted by atomic mass is 35.5. The third kappa shape index (κ3) is 2.20. The van der Waals surface area contributed by atoms with Gasteiger partial charge in [0, 0.05) is 0 Å². The molecule has 2 heterocycles. The van der Waals surface area contributed by atoms with Crippen LogP contribution in [0.5, 0.6) is 5.75 Å². The second-order valence-corrected chi connectivity index (χ2v) is 4.39. The molecule has 0 amide bonds. The molecule has 0 saturated heterocycles. The number of para-hydroxylation sites is 1. The van der Waals surface area contributed by atoms with Crippen LogP contribution in [0, 0.1) is 0 Å². The maximum Gasteiger partial charge on any atom is 0.177 e. The van der Waals surface area contributed by atoms with Gasteiger partial charge in [-0.1, -0.05) is 29.8 Å². The molecule has 0 atom stereocenters. The Hall–Kier alpha value is -2.27. The normalized spacial score (nSPS) is 10.8. The number of nitrogens with two attached hydrogens (primary N) is 1. The number of benzene rings is 1. The van der Waals surface area contributed by atoms with Gasteiger partial charge in [-0.15, -0.1) is 10.2 Å². The van der Waals surface area contributed by atoms with Crippen LogP contribution in [0.1, 0.15) is 5.82 Å². The number of fused-ring (bicyclic) bond motifs is 1. The second kappa shape index (κ2) is 4.78. The van der Waals surface area contributed by atoms with Gasteiger partial charge in [-0.2, -0.15) is 0 Å². The molecule has 2 aromatic heterocycles. The van der Waals surface area contributed by atoms with Gasteiger partial charge in [0.1, 0.15) is 18.2 Å². The summed E-state index contributed by atoms with van der Waals surface area (Å²) < 4.78 is 7.38. The molecule has 1 aromatic carbocycles. The number of hydrogen-bond donors (Lipinski definition) is 1. The van der Waals surface area contributed by atoms with Crippen molar-refractivity contribution < 1.29 is 4.74 Å². The summed E-state index contributed by atoms with van der Waals surface area (Å²) >= 11 is 6.02. The number of hydrogen-bond acceptors (Lipinski definition) is 4. The zero-order chi connectivity index (χ0) is 13.2. The molecule has 2 N–H and O–H groups in total. The molecule has 0 aliphatic rings. The summed E-state index contributed by atoms with van der Waals surface area (Å²) in [6.45, 7) is 0.249. The van der Waals surface area contributed by atoms with Crippen molar-refractivity contribution in [3.05, 3.63) is 53.3 Å². The van der Waals surface area contributed by atoms with E-state index in [1.54, 1.807) is 22.6 Å². The zero-order valence-electron chi connectivity index (χ0n) is 9.95. The molecule has 0 spiro atoms. The number of nitrogen functional groups attached to an aromatic ring is 1. The number of ether oxygens (including phenoxy) is 1. The summed E-state index contributed by atoms with van der Waals surface area (Å²) in [4.78, 5) is 0. The Morgan fingerprint density at radius 3 is 2.79 bits per heavy atom. The molecule has 0 radical (unpaired) electrons. The number of halogens is 1. The Morgan fingerprint density at radius 2 is 1.95 bits per heavy atom. The van der Waals surface area contributed by atoms with Crippen LogP contribution >= 0.6 is 11.6 Å². The van der Waals surface area contributed by atoms with Gasteiger partial charge in [0.25, 0.3) is 0 Å². The van der Waals surface area contributed by atoms with E-state index >= 15 is 0 Å². The van der Waals surface area contributed by atoms with Crippen molar-refractivity contribution >= 4 is 23.1 Å². The van der Waals surface area contributed by atoms with Crippen LogP contribution in [0.2, 0.25) is 5.02 Å². The number of pyridine rings is 1. The average Bonchev–Trinajstić information content (AvgIpc) is 2.83. The van der Waals surface area contributed by atoms with Crippen LogP contribution in [0.15, 0.2) is 42.5 Å². The van der Waals surface area contributed by atoms with Gasteiger partial charge < -0.3 is 10.5 Å². The van der Waals surface area contributed by atoms with Crippen molar-refractivity contribution in [3.63, 3.8) is 0 Å². The minimum atomic E-state index is 0.249. The van der Waals surface area contributed by atoms with Crippen molar-refractivity contribution in [3.8, 4) is 5.75 Å². The van der Waals surface area contributed by atoms with E-state index in [4.69, 9.17) is 22.1 Å². The Morgan fingerprint density at radius 1 is 1.11 bits per heavy atom. The summed E-state index contributed by atoms with van der Waals surface area (Å²) in [6, 6.07) is 12.7. The lowest BCUT2D eigenvalue weighted by molar-refractivity contribution is 0.295. The van der Waals surface area contributed by atoms with Crippen molar-refractivity contribution in [1.82, 2.24) is 14.6 Å². The Balaban J connectivity index is 1.89. The van der Waals surface area contributed by atoms with Crippen LogP contribution in [0.4, 0.5) is 5.82 Å². The predicted molar refractivity (Wildman–Crippen MR) is 73.2 cm³/mol. The monoisotopic (exact) mass is 274 g/mol. The molecule has 19 heavy (non-hydrogen) atoms. The first-order chi connectivity index (χ1) is 9.25. The fourth-order valence-electron chi connectivity index (χ4n) is 1.82. The van der Waals surface area contributed by atoms with Crippen LogP contribution in [0.25, 0.3) is 5.65 Å². The summed E-state index contributed by atoms with van der Waals surface area (Å²) in [5, 5.41) is 8.66. The van der Waals surface area contributed by atoms with Gasteiger partial charge in [-0.3, -0.25) is 4.40 Å². The molecule has 0 aliphatic carbocycles. The highest BCUT2D eigenvalue weighted by Gasteiger charge is 2.09. The maximum absolute atomic E-state index is 6.02. The molecule has 0 bridgehead atoms. The highest BCUT2D eigenvalue weighted by Crippen LogP contribution is 2.24. The van der Waals surface area contributed by atoms with Gasteiger partial charge in [-0.25, -0.2) is 0 Å². The predicted octanol–water partition coefficient (Wildman–Crippen LogP) is 2.54.